The molecule has 4 unspecified atom stereocenters. The Labute approximate surface area is 150 Å². The highest BCUT2D eigenvalue weighted by Gasteiger charge is 2.48. The molecule has 1 aliphatic heterocycles. The van der Waals surface area contributed by atoms with E-state index in [9.17, 15) is 9.59 Å². The first-order chi connectivity index (χ1) is 12.2. The fourth-order valence-corrected chi connectivity index (χ4v) is 5.71. The molecule has 1 saturated heterocycles. The average molecular weight is 339 g/mol. The maximum absolute atomic E-state index is 13.1. The fraction of sp³-hybridized carbons (Fsp3) is 0.636. The molecule has 4 rings (SSSR count). The lowest BCUT2D eigenvalue weighted by Gasteiger charge is -2.29. The van der Waals surface area contributed by atoms with E-state index in [-0.39, 0.29) is 17.7 Å². The van der Waals surface area contributed by atoms with Gasteiger partial charge in [-0.05, 0) is 49.1 Å². The van der Waals surface area contributed by atoms with E-state index in [4.69, 9.17) is 0 Å². The van der Waals surface area contributed by atoms with Crippen LogP contribution in [-0.4, -0.2) is 24.2 Å². The van der Waals surface area contributed by atoms with Gasteiger partial charge >= 0.3 is 0 Å². The van der Waals surface area contributed by atoms with Crippen LogP contribution in [0.4, 0.5) is 0 Å². The van der Waals surface area contributed by atoms with Crippen LogP contribution in [0.5, 0.6) is 0 Å². The minimum absolute atomic E-state index is 0.172. The van der Waals surface area contributed by atoms with Crippen LogP contribution in [-0.2, 0) is 16.0 Å². The third kappa shape index (κ3) is 3.57. The molecule has 0 amide bonds. The number of rotatable bonds is 4. The molecule has 3 heteroatoms. The highest BCUT2D eigenvalue weighted by Crippen LogP contribution is 2.51. The molecule has 1 N–H and O–H groups in total. The Balaban J connectivity index is 1.41. The van der Waals surface area contributed by atoms with Gasteiger partial charge in [-0.2, -0.15) is 0 Å². The Kier molecular flexibility index (Phi) is 5.03. The van der Waals surface area contributed by atoms with E-state index in [1.165, 1.54) is 25.7 Å². The van der Waals surface area contributed by atoms with Crippen molar-refractivity contribution in [1.29, 1.82) is 0 Å². The van der Waals surface area contributed by atoms with Crippen LogP contribution in [0, 0.1) is 23.7 Å². The van der Waals surface area contributed by atoms with Gasteiger partial charge in [-0.3, -0.25) is 9.59 Å². The first kappa shape index (κ1) is 17.0. The summed E-state index contributed by atoms with van der Waals surface area (Å²) < 4.78 is 0. The molecule has 2 aliphatic carbocycles. The van der Waals surface area contributed by atoms with Gasteiger partial charge in [0.15, 0.2) is 5.78 Å². The van der Waals surface area contributed by atoms with Crippen LogP contribution < -0.4 is 5.32 Å². The summed E-state index contributed by atoms with van der Waals surface area (Å²) >= 11 is 0. The maximum atomic E-state index is 13.1. The number of carbonyl (C=O) groups excluding carboxylic acids is 2. The van der Waals surface area contributed by atoms with Crippen molar-refractivity contribution >= 4 is 11.6 Å². The summed E-state index contributed by atoms with van der Waals surface area (Å²) in [6.07, 6.45) is 8.29. The van der Waals surface area contributed by atoms with E-state index < -0.39 is 0 Å². The first-order valence-corrected chi connectivity index (χ1v) is 10.0. The number of hydrogen-bond donors (Lipinski definition) is 1. The molecule has 3 fully saturated rings. The summed E-state index contributed by atoms with van der Waals surface area (Å²) in [5, 5.41) is 3.40. The van der Waals surface area contributed by atoms with Crippen molar-refractivity contribution < 1.29 is 9.59 Å². The molecular formula is C22H29NO2. The van der Waals surface area contributed by atoms with Crippen LogP contribution in [0.25, 0.3) is 0 Å². The number of nitrogens with one attached hydrogen (secondary N) is 1. The van der Waals surface area contributed by atoms with Gasteiger partial charge in [0.1, 0.15) is 5.78 Å². The molecule has 0 radical (unpaired) electrons. The molecule has 2 saturated carbocycles. The molecule has 1 aromatic rings. The number of ketones is 2. The highest BCUT2D eigenvalue weighted by molar-refractivity contribution is 5.93. The molecule has 0 aromatic heterocycles. The lowest BCUT2D eigenvalue weighted by atomic mass is 9.76. The van der Waals surface area contributed by atoms with Crippen LogP contribution in [0.2, 0.25) is 0 Å². The van der Waals surface area contributed by atoms with Gasteiger partial charge in [-0.1, -0.05) is 49.6 Å². The van der Waals surface area contributed by atoms with Crippen molar-refractivity contribution in [3.63, 3.8) is 0 Å². The van der Waals surface area contributed by atoms with Gasteiger partial charge in [0.25, 0.3) is 0 Å². The van der Waals surface area contributed by atoms with Crippen molar-refractivity contribution in [3.05, 3.63) is 35.9 Å². The molecule has 0 bridgehead atoms. The van der Waals surface area contributed by atoms with Crippen LogP contribution in [0.15, 0.2) is 30.3 Å². The standard InChI is InChI=1S/C22H29NO2/c24-17(12-15-6-2-1-3-7-15)14-21-22(25)20-13-16-8-4-5-9-18(16)19(20)10-11-23-21/h1-3,6-7,16,18-21,23H,4-5,8-14H2/t16?,18?,19?,20?,21-/m0/s1. The quantitative estimate of drug-likeness (QED) is 0.912. The minimum Gasteiger partial charge on any atom is -0.307 e. The normalized spacial score (nSPS) is 34.9. The predicted octanol–water partition coefficient (Wildman–Crippen LogP) is 3.56. The molecule has 5 atom stereocenters. The van der Waals surface area contributed by atoms with Crippen molar-refractivity contribution in [3.8, 4) is 0 Å². The average Bonchev–Trinajstić information content (AvgIpc) is 2.93. The molecule has 134 valence electrons. The van der Waals surface area contributed by atoms with Crippen LogP contribution >= 0.6 is 0 Å². The Morgan fingerprint density at radius 3 is 2.68 bits per heavy atom. The van der Waals surface area contributed by atoms with Crippen LogP contribution in [0.1, 0.15) is 50.5 Å². The van der Waals surface area contributed by atoms with Crippen molar-refractivity contribution in [2.75, 3.05) is 6.54 Å². The molecule has 25 heavy (non-hydrogen) atoms. The Morgan fingerprint density at radius 1 is 1.04 bits per heavy atom. The Morgan fingerprint density at radius 2 is 1.84 bits per heavy atom. The molecule has 0 spiro atoms. The van der Waals surface area contributed by atoms with E-state index in [1.54, 1.807) is 0 Å². The summed E-state index contributed by atoms with van der Waals surface area (Å²) in [6, 6.07) is 9.59. The van der Waals surface area contributed by atoms with Gasteiger partial charge in [0.2, 0.25) is 0 Å². The Hall–Kier alpha value is -1.48. The zero-order valence-corrected chi connectivity index (χ0v) is 15.0. The second-order valence-corrected chi connectivity index (χ2v) is 8.32. The third-order valence-electron chi connectivity index (χ3n) is 6.84. The van der Waals surface area contributed by atoms with Crippen molar-refractivity contribution in [2.24, 2.45) is 23.7 Å². The molecule has 1 aromatic carbocycles. The van der Waals surface area contributed by atoms with E-state index in [0.717, 1.165) is 36.8 Å². The van der Waals surface area contributed by atoms with E-state index in [2.05, 4.69) is 5.32 Å². The second-order valence-electron chi connectivity index (χ2n) is 8.32. The number of benzene rings is 1. The summed E-state index contributed by atoms with van der Waals surface area (Å²) in [5.41, 5.74) is 1.04. The minimum atomic E-state index is -0.258. The summed E-state index contributed by atoms with van der Waals surface area (Å²) in [4.78, 5) is 25.6. The van der Waals surface area contributed by atoms with E-state index in [0.29, 0.717) is 24.5 Å². The van der Waals surface area contributed by atoms with Crippen LogP contribution in [0.3, 0.4) is 0 Å². The van der Waals surface area contributed by atoms with Crippen molar-refractivity contribution in [2.45, 2.75) is 57.4 Å². The molecular weight excluding hydrogens is 310 g/mol. The predicted molar refractivity (Wildman–Crippen MR) is 98.2 cm³/mol. The van der Waals surface area contributed by atoms with Gasteiger partial charge in [-0.15, -0.1) is 0 Å². The highest BCUT2D eigenvalue weighted by atomic mass is 16.1. The lowest BCUT2D eigenvalue weighted by Crippen LogP contribution is -2.40. The van der Waals surface area contributed by atoms with Gasteiger partial charge in [0.05, 0.1) is 6.04 Å². The number of fused-ring (bicyclic) bond motifs is 3. The smallest absolute Gasteiger partial charge is 0.153 e. The van der Waals surface area contributed by atoms with Crippen molar-refractivity contribution in [1.82, 2.24) is 5.32 Å². The number of Topliss-reactive ketones (excluding diaryl/α,β-unsaturated/α-hetero) is 2. The summed E-state index contributed by atoms with van der Waals surface area (Å²) in [7, 11) is 0. The monoisotopic (exact) mass is 339 g/mol. The second kappa shape index (κ2) is 7.41. The number of carbonyl (C=O) groups is 2. The fourth-order valence-electron chi connectivity index (χ4n) is 5.71. The lowest BCUT2D eigenvalue weighted by molar-refractivity contribution is -0.128. The summed E-state index contributed by atoms with van der Waals surface area (Å²) in [6.45, 7) is 0.888. The molecule has 3 nitrogen and oxygen atoms in total. The zero-order chi connectivity index (χ0) is 17.2. The summed E-state index contributed by atoms with van der Waals surface area (Å²) in [5.74, 6) is 2.82. The molecule has 1 heterocycles. The number of hydrogen-bond acceptors (Lipinski definition) is 3. The van der Waals surface area contributed by atoms with Gasteiger partial charge in [-0.25, -0.2) is 0 Å². The maximum Gasteiger partial charge on any atom is 0.153 e. The third-order valence-corrected chi connectivity index (χ3v) is 6.84. The van der Waals surface area contributed by atoms with E-state index in [1.807, 2.05) is 30.3 Å². The largest absolute Gasteiger partial charge is 0.307 e. The zero-order valence-electron chi connectivity index (χ0n) is 15.0. The Bertz CT molecular complexity index is 626. The topological polar surface area (TPSA) is 46.2 Å². The van der Waals surface area contributed by atoms with Gasteiger partial charge < -0.3 is 5.32 Å². The van der Waals surface area contributed by atoms with Gasteiger partial charge in [0, 0.05) is 18.8 Å². The van der Waals surface area contributed by atoms with E-state index >= 15 is 0 Å². The molecule has 3 aliphatic rings. The first-order valence-electron chi connectivity index (χ1n) is 10.0. The SMILES string of the molecule is O=C(Cc1ccccc1)C[C@@H]1NCCC2C(CC3CCCCC32)C1=O.